The molecule has 2 amide bonds. The first-order valence-corrected chi connectivity index (χ1v) is 16.9. The van der Waals surface area contributed by atoms with Crippen LogP contribution in [0.4, 0.5) is 0 Å². The summed E-state index contributed by atoms with van der Waals surface area (Å²) in [7, 11) is 0. The number of aromatic nitrogens is 3. The number of nitrogens with zero attached hydrogens (tertiary/aromatic N) is 3. The minimum absolute atomic E-state index is 0.00837. The number of rotatable bonds is 24. The maximum absolute atomic E-state index is 11.3. The lowest BCUT2D eigenvalue weighted by molar-refractivity contribution is -0.124. The Morgan fingerprint density at radius 2 is 1.40 bits per heavy atom. The molecule has 0 atom stereocenters. The highest BCUT2D eigenvalue weighted by Crippen LogP contribution is 2.07. The molecule has 0 aliphatic carbocycles. The summed E-state index contributed by atoms with van der Waals surface area (Å²) in [5.74, 6) is 1.04. The van der Waals surface area contributed by atoms with Gasteiger partial charge >= 0.3 is 0 Å². The van der Waals surface area contributed by atoms with E-state index in [0.29, 0.717) is 25.8 Å². The average Bonchev–Trinajstić information content (AvgIpc) is 3.41. The molecule has 0 unspecified atom stereocenters. The summed E-state index contributed by atoms with van der Waals surface area (Å²) in [6.45, 7) is 24.3. The fourth-order valence-electron chi connectivity index (χ4n) is 3.73. The number of carbonyl (C=O) groups excluding carboxylic acids is 2. The Morgan fingerprint density at radius 1 is 0.791 bits per heavy atom. The van der Waals surface area contributed by atoms with Gasteiger partial charge in [-0.05, 0) is 38.0 Å². The van der Waals surface area contributed by atoms with Crippen LogP contribution in [0.1, 0.15) is 119 Å². The van der Waals surface area contributed by atoms with Crippen LogP contribution in [-0.2, 0) is 32.0 Å². The van der Waals surface area contributed by atoms with E-state index in [9.17, 15) is 9.59 Å². The molecule has 0 saturated carbocycles. The highest BCUT2D eigenvalue weighted by molar-refractivity contribution is 5.77. The van der Waals surface area contributed by atoms with Crippen LogP contribution in [0.3, 0.4) is 0 Å². The Bertz CT molecular complexity index is 756. The molecule has 0 aliphatic heterocycles. The standard InChI is InChI=1S/C19H39NO3.C12H23N5O.C2H6/c1-17(2)11-7-5-9-13-22-15-16-23-14-10-6-8-12-20-19(21)18(3)4;1-10(2)13-7-5-12-9-17(16-15-12)8-4-6-14-11(3)18;1-2/h17-18H,5-16H2,1-4H3,(H,20,21);9-10,13H,4-8H2,1-3H3,(H,14,18);1-2H3. The Hall–Kier alpha value is -2.04. The van der Waals surface area contributed by atoms with Crippen molar-refractivity contribution >= 4 is 11.8 Å². The molecule has 10 nitrogen and oxygen atoms in total. The van der Waals surface area contributed by atoms with E-state index in [0.717, 1.165) is 83.0 Å². The topological polar surface area (TPSA) is 119 Å². The maximum Gasteiger partial charge on any atom is 0.222 e. The van der Waals surface area contributed by atoms with Crippen molar-refractivity contribution in [2.24, 2.45) is 11.8 Å². The van der Waals surface area contributed by atoms with Gasteiger partial charge in [-0.15, -0.1) is 5.10 Å². The zero-order valence-electron chi connectivity index (χ0n) is 29.3. The van der Waals surface area contributed by atoms with E-state index in [1.165, 1.54) is 26.2 Å². The normalized spacial score (nSPS) is 10.8. The molecule has 0 spiro atoms. The molecule has 1 rings (SSSR count). The van der Waals surface area contributed by atoms with Gasteiger partial charge < -0.3 is 25.4 Å². The van der Waals surface area contributed by atoms with Crippen LogP contribution in [0.2, 0.25) is 0 Å². The number of unbranched alkanes of at least 4 members (excludes halogenated alkanes) is 4. The molecule has 3 N–H and O–H groups in total. The highest BCUT2D eigenvalue weighted by Gasteiger charge is 2.04. The first kappa shape index (κ1) is 43.1. The monoisotopic (exact) mass is 613 g/mol. The predicted octanol–water partition coefficient (Wildman–Crippen LogP) is 5.55. The zero-order chi connectivity index (χ0) is 32.7. The van der Waals surface area contributed by atoms with Crippen LogP contribution in [0.5, 0.6) is 0 Å². The minimum atomic E-state index is 0.00837. The van der Waals surface area contributed by atoms with Crippen molar-refractivity contribution in [3.63, 3.8) is 0 Å². The summed E-state index contributed by atoms with van der Waals surface area (Å²) in [5, 5.41) is 17.2. The molecule has 254 valence electrons. The van der Waals surface area contributed by atoms with Crippen molar-refractivity contribution in [3.8, 4) is 0 Å². The van der Waals surface area contributed by atoms with Gasteiger partial charge in [-0.3, -0.25) is 14.3 Å². The quantitative estimate of drug-likeness (QED) is 0.131. The third-order valence-electron chi connectivity index (χ3n) is 6.19. The van der Waals surface area contributed by atoms with Crippen LogP contribution >= 0.6 is 0 Å². The van der Waals surface area contributed by atoms with Crippen molar-refractivity contribution in [3.05, 3.63) is 11.9 Å². The van der Waals surface area contributed by atoms with Crippen LogP contribution in [0.15, 0.2) is 6.20 Å². The van der Waals surface area contributed by atoms with E-state index < -0.39 is 0 Å². The molecular weight excluding hydrogens is 544 g/mol. The Kier molecular flexibility index (Phi) is 31.5. The lowest BCUT2D eigenvalue weighted by Crippen LogP contribution is -2.28. The molecule has 0 bridgehead atoms. The van der Waals surface area contributed by atoms with Crippen LogP contribution in [-0.4, -0.2) is 78.9 Å². The minimum Gasteiger partial charge on any atom is -0.379 e. The molecule has 0 saturated heterocycles. The van der Waals surface area contributed by atoms with Crippen molar-refractivity contribution < 1.29 is 19.1 Å². The van der Waals surface area contributed by atoms with E-state index in [-0.39, 0.29) is 17.7 Å². The molecule has 10 heteroatoms. The van der Waals surface area contributed by atoms with Gasteiger partial charge in [-0.2, -0.15) is 0 Å². The number of aryl methyl sites for hydroxylation is 1. The second-order valence-corrected chi connectivity index (χ2v) is 11.6. The average molecular weight is 613 g/mol. The third-order valence-corrected chi connectivity index (χ3v) is 6.19. The van der Waals surface area contributed by atoms with E-state index in [2.05, 4.69) is 54.0 Å². The fraction of sp³-hybridized carbons (Fsp3) is 0.879. The summed E-state index contributed by atoms with van der Waals surface area (Å²) >= 11 is 0. The van der Waals surface area contributed by atoms with Crippen molar-refractivity contribution in [1.82, 2.24) is 30.9 Å². The lowest BCUT2D eigenvalue weighted by atomic mass is 10.1. The van der Waals surface area contributed by atoms with Gasteiger partial charge in [0, 0.05) is 70.9 Å². The number of amides is 2. The molecule has 0 aliphatic rings. The molecule has 0 aromatic carbocycles. The van der Waals surface area contributed by atoms with Crippen molar-refractivity contribution in [1.29, 1.82) is 0 Å². The summed E-state index contributed by atoms with van der Waals surface area (Å²) in [6, 6.07) is 0.498. The van der Waals surface area contributed by atoms with E-state index in [1.807, 2.05) is 38.6 Å². The van der Waals surface area contributed by atoms with Gasteiger partial charge in [0.2, 0.25) is 11.8 Å². The first-order chi connectivity index (χ1) is 20.6. The molecule has 1 aromatic heterocycles. The summed E-state index contributed by atoms with van der Waals surface area (Å²) in [6.07, 6.45) is 12.0. The van der Waals surface area contributed by atoms with Crippen LogP contribution in [0.25, 0.3) is 0 Å². The van der Waals surface area contributed by atoms with E-state index in [4.69, 9.17) is 9.47 Å². The Balaban J connectivity index is 0. The number of carbonyl (C=O) groups is 2. The lowest BCUT2D eigenvalue weighted by Gasteiger charge is -2.08. The van der Waals surface area contributed by atoms with E-state index in [1.54, 1.807) is 0 Å². The van der Waals surface area contributed by atoms with E-state index >= 15 is 0 Å². The molecule has 1 aromatic rings. The Morgan fingerprint density at radius 3 is 1.95 bits per heavy atom. The van der Waals surface area contributed by atoms with Crippen LogP contribution < -0.4 is 16.0 Å². The molecule has 1 heterocycles. The van der Waals surface area contributed by atoms with Gasteiger partial charge in [-0.25, -0.2) is 0 Å². The number of hydrogen-bond donors (Lipinski definition) is 3. The van der Waals surface area contributed by atoms with Gasteiger partial charge in [-0.1, -0.05) is 79.9 Å². The fourth-order valence-corrected chi connectivity index (χ4v) is 3.73. The van der Waals surface area contributed by atoms with Gasteiger partial charge in [0.25, 0.3) is 0 Å². The van der Waals surface area contributed by atoms with Crippen molar-refractivity contribution in [2.75, 3.05) is 46.1 Å². The smallest absolute Gasteiger partial charge is 0.222 e. The molecule has 0 fully saturated rings. The summed E-state index contributed by atoms with van der Waals surface area (Å²) in [4.78, 5) is 22.0. The number of hydrogen-bond acceptors (Lipinski definition) is 7. The second kappa shape index (κ2) is 31.4. The molecular formula is C33H68N6O4. The molecule has 0 radical (unpaired) electrons. The molecule has 43 heavy (non-hydrogen) atoms. The second-order valence-electron chi connectivity index (χ2n) is 11.6. The maximum atomic E-state index is 11.3. The summed E-state index contributed by atoms with van der Waals surface area (Å²) < 4.78 is 12.9. The van der Waals surface area contributed by atoms with Gasteiger partial charge in [0.15, 0.2) is 0 Å². The number of ether oxygens (including phenoxy) is 2. The Labute approximate surface area is 264 Å². The largest absolute Gasteiger partial charge is 0.379 e. The van der Waals surface area contributed by atoms with Gasteiger partial charge in [0.1, 0.15) is 0 Å². The predicted molar refractivity (Wildman–Crippen MR) is 178 cm³/mol. The zero-order valence-corrected chi connectivity index (χ0v) is 29.3. The summed E-state index contributed by atoms with van der Waals surface area (Å²) in [5.41, 5.74) is 1.00. The first-order valence-electron chi connectivity index (χ1n) is 16.9. The van der Waals surface area contributed by atoms with Crippen molar-refractivity contribution in [2.45, 2.75) is 133 Å². The van der Waals surface area contributed by atoms with Gasteiger partial charge in [0.05, 0.1) is 18.9 Å². The van der Waals surface area contributed by atoms with Crippen LogP contribution in [0, 0.1) is 11.8 Å². The highest BCUT2D eigenvalue weighted by atomic mass is 16.5. The third kappa shape index (κ3) is 32.7. The number of nitrogens with one attached hydrogen (secondary N) is 3. The SMILES string of the molecule is CC.CC(=O)NCCCn1cc(CCNC(C)C)nn1.CC(C)CCCCCOCCOCCCCCNC(=O)C(C)C.